The summed E-state index contributed by atoms with van der Waals surface area (Å²) in [7, 11) is 0. The summed E-state index contributed by atoms with van der Waals surface area (Å²) >= 11 is 0. The minimum Gasteiger partial charge on any atom is -0.478 e. The Morgan fingerprint density at radius 3 is 1.36 bits per heavy atom. The van der Waals surface area contributed by atoms with E-state index >= 15 is 0 Å². The molecule has 0 aromatic heterocycles. The molecule has 5 aromatic rings. The summed E-state index contributed by atoms with van der Waals surface area (Å²) in [6.45, 7) is 0. The summed E-state index contributed by atoms with van der Waals surface area (Å²) in [5, 5.41) is 25.5. The number of fused-ring (bicyclic) bond motifs is 2. The van der Waals surface area contributed by atoms with E-state index in [2.05, 4.69) is 10.6 Å². The smallest absolute Gasteiger partial charge is 0.344 e. The molecule has 2 amide bonds. The molecule has 56 heavy (non-hydrogen) atoms. The average molecular weight is 747 g/mol. The van der Waals surface area contributed by atoms with Crippen LogP contribution in [0.15, 0.2) is 133 Å². The van der Waals surface area contributed by atoms with Crippen LogP contribution in [0, 0.1) is 0 Å². The summed E-state index contributed by atoms with van der Waals surface area (Å²) in [4.78, 5) is 78.0. The van der Waals surface area contributed by atoms with Crippen molar-refractivity contribution < 1.29 is 48.5 Å². The molecule has 0 saturated carbocycles. The fourth-order valence-corrected chi connectivity index (χ4v) is 6.38. The van der Waals surface area contributed by atoms with Gasteiger partial charge in [0.15, 0.2) is 0 Å². The van der Waals surface area contributed by atoms with Crippen LogP contribution in [-0.4, -0.2) is 45.9 Å². The van der Waals surface area contributed by atoms with Gasteiger partial charge in [0.05, 0.1) is 33.6 Å². The lowest BCUT2D eigenvalue weighted by Gasteiger charge is -2.17. The molecule has 276 valence electrons. The van der Waals surface area contributed by atoms with Gasteiger partial charge in [0.1, 0.15) is 17.1 Å². The van der Waals surface area contributed by atoms with Crippen molar-refractivity contribution in [2.24, 2.45) is 0 Å². The lowest BCUT2D eigenvalue weighted by molar-refractivity contribution is -0.118. The van der Waals surface area contributed by atoms with E-state index in [0.29, 0.717) is 38.9 Å². The predicted molar refractivity (Wildman–Crippen MR) is 206 cm³/mol. The number of rotatable bonds is 11. The molecule has 2 aliphatic rings. The third kappa shape index (κ3) is 7.48. The molecule has 7 rings (SSSR count). The topological polar surface area (TPSA) is 185 Å². The van der Waals surface area contributed by atoms with Gasteiger partial charge in [-0.15, -0.1) is 0 Å². The zero-order valence-corrected chi connectivity index (χ0v) is 29.3. The van der Waals surface area contributed by atoms with Crippen molar-refractivity contribution in [2.75, 3.05) is 10.6 Å². The molecule has 0 radical (unpaired) electrons. The molecule has 12 heteroatoms. The minimum atomic E-state index is -1.35. The van der Waals surface area contributed by atoms with Crippen LogP contribution in [-0.2, 0) is 31.9 Å². The van der Waals surface area contributed by atoms with Gasteiger partial charge in [-0.05, 0) is 72.0 Å². The Bertz CT molecular complexity index is 2410. The highest BCUT2D eigenvalue weighted by Gasteiger charge is 2.29. The van der Waals surface area contributed by atoms with Crippen LogP contribution in [0.25, 0.3) is 17.6 Å². The molecule has 5 aromatic carbocycles. The Kier molecular flexibility index (Phi) is 10.2. The van der Waals surface area contributed by atoms with E-state index in [0.717, 1.165) is 0 Å². The van der Waals surface area contributed by atoms with Crippen LogP contribution in [0.5, 0.6) is 0 Å². The molecular formula is C44H30N2O10. The van der Waals surface area contributed by atoms with Crippen molar-refractivity contribution in [1.82, 2.24) is 0 Å². The highest BCUT2D eigenvalue weighted by atomic mass is 16.5. The molecule has 0 atom stereocenters. The third-order valence-electron chi connectivity index (χ3n) is 9.08. The average Bonchev–Trinajstić information content (AvgIpc) is 3.70. The quantitative estimate of drug-likeness (QED) is 0.0464. The highest BCUT2D eigenvalue weighted by Crippen LogP contribution is 2.33. The van der Waals surface area contributed by atoms with E-state index in [1.807, 2.05) is 0 Å². The monoisotopic (exact) mass is 746 g/mol. The van der Waals surface area contributed by atoms with Crippen molar-refractivity contribution in [3.05, 3.63) is 183 Å². The van der Waals surface area contributed by atoms with E-state index in [-0.39, 0.29) is 46.9 Å². The summed E-state index contributed by atoms with van der Waals surface area (Å²) in [5.41, 5.74) is 1.81. The molecule has 2 heterocycles. The second kappa shape index (κ2) is 15.6. The van der Waals surface area contributed by atoms with Crippen LogP contribution in [0.1, 0.15) is 69.2 Å². The van der Waals surface area contributed by atoms with Gasteiger partial charge < -0.3 is 30.3 Å². The van der Waals surface area contributed by atoms with Crippen LogP contribution < -0.4 is 10.6 Å². The van der Waals surface area contributed by atoms with Crippen LogP contribution in [0.2, 0.25) is 0 Å². The molecule has 12 nitrogen and oxygen atoms in total. The zero-order valence-electron chi connectivity index (χ0n) is 29.3. The molecule has 4 N–H and O–H groups in total. The standard InChI is InChI=1S/C44H30N2O10/c47-39(45-37-26(12-8-18-32(37)41(49)50)20-22-35-28-14-4-6-16-30(28)43(53)55-35)34(24-25-10-2-1-3-11-25)40(48)46-38-27(13-9-19-33(38)42(51)52)21-23-36-29-15-5-7-17-31(29)44(54)56-36/h1-19,22-24H,20-21H2,(H,45,47)(H,46,48)(H,49,50)(H,51,52)/b35-22-,36-23-. The number of hydrogen-bond donors (Lipinski definition) is 4. The molecular weight excluding hydrogens is 716 g/mol. The number of benzene rings is 5. The second-order valence-electron chi connectivity index (χ2n) is 12.6. The second-order valence-corrected chi connectivity index (χ2v) is 12.6. The lowest BCUT2D eigenvalue weighted by atomic mass is 10.0. The Morgan fingerprint density at radius 2 is 0.929 bits per heavy atom. The first-order valence-electron chi connectivity index (χ1n) is 17.2. The van der Waals surface area contributed by atoms with Crippen molar-refractivity contribution >= 4 is 64.7 Å². The first kappa shape index (κ1) is 36.5. The number of carboxylic acid groups (broad SMARTS) is 2. The SMILES string of the molecule is O=C(Nc1c(C/C=C2\OC(=O)c3ccccc32)cccc1C(=O)O)C(=Cc1ccccc1)C(=O)Nc1c(C/C=C2\OC(=O)c3ccccc32)cccc1C(=O)O. The summed E-state index contributed by atoms with van der Waals surface area (Å²) in [6, 6.07) is 30.8. The molecule has 0 saturated heterocycles. The van der Waals surface area contributed by atoms with E-state index < -0.39 is 41.3 Å². The van der Waals surface area contributed by atoms with Crippen molar-refractivity contribution in [3.63, 3.8) is 0 Å². The largest absolute Gasteiger partial charge is 0.478 e. The molecule has 0 unspecified atom stereocenters. The van der Waals surface area contributed by atoms with Crippen LogP contribution >= 0.6 is 0 Å². The molecule has 0 spiro atoms. The van der Waals surface area contributed by atoms with Crippen molar-refractivity contribution in [3.8, 4) is 0 Å². The highest BCUT2D eigenvalue weighted by molar-refractivity contribution is 6.30. The van der Waals surface area contributed by atoms with E-state index in [1.165, 1.54) is 30.3 Å². The van der Waals surface area contributed by atoms with E-state index in [9.17, 15) is 39.0 Å². The number of hydrogen-bond acceptors (Lipinski definition) is 8. The van der Waals surface area contributed by atoms with E-state index in [4.69, 9.17) is 9.47 Å². The number of ether oxygens (including phenoxy) is 2. The number of amides is 2. The normalized spacial score (nSPS) is 14.0. The summed E-state index contributed by atoms with van der Waals surface area (Å²) in [5.74, 6) is -5.20. The van der Waals surface area contributed by atoms with Gasteiger partial charge in [0.25, 0.3) is 11.8 Å². The maximum atomic E-state index is 14.2. The van der Waals surface area contributed by atoms with Gasteiger partial charge in [0.2, 0.25) is 0 Å². The number of esters is 2. The molecule has 0 bridgehead atoms. The van der Waals surface area contributed by atoms with Gasteiger partial charge in [-0.25, -0.2) is 19.2 Å². The first-order chi connectivity index (χ1) is 27.1. The molecule has 0 aliphatic carbocycles. The Balaban J connectivity index is 1.22. The zero-order chi connectivity index (χ0) is 39.3. The van der Waals surface area contributed by atoms with Crippen LogP contribution in [0.4, 0.5) is 11.4 Å². The Hall–Kier alpha value is -7.86. The number of cyclic esters (lactones) is 2. The fraction of sp³-hybridized carbons (Fsp3) is 0.0455. The fourth-order valence-electron chi connectivity index (χ4n) is 6.38. The number of nitrogens with one attached hydrogen (secondary N) is 2. The van der Waals surface area contributed by atoms with Gasteiger partial charge in [-0.3, -0.25) is 9.59 Å². The van der Waals surface area contributed by atoms with Gasteiger partial charge in [-0.1, -0.05) is 91.0 Å². The van der Waals surface area contributed by atoms with Crippen LogP contribution in [0.3, 0.4) is 0 Å². The van der Waals surface area contributed by atoms with Gasteiger partial charge in [-0.2, -0.15) is 0 Å². The number of anilines is 2. The number of aromatic carboxylic acids is 2. The van der Waals surface area contributed by atoms with Gasteiger partial charge in [0, 0.05) is 11.1 Å². The molecule has 0 fully saturated rings. The number of para-hydroxylation sites is 2. The lowest BCUT2D eigenvalue weighted by Crippen LogP contribution is -2.27. The molecule has 2 aliphatic heterocycles. The van der Waals surface area contributed by atoms with Crippen molar-refractivity contribution in [2.45, 2.75) is 12.8 Å². The summed E-state index contributed by atoms with van der Waals surface area (Å²) in [6.07, 6.45) is 4.55. The van der Waals surface area contributed by atoms with Crippen molar-refractivity contribution in [1.29, 1.82) is 0 Å². The maximum absolute atomic E-state index is 14.2. The summed E-state index contributed by atoms with van der Waals surface area (Å²) < 4.78 is 10.9. The number of carbonyl (C=O) groups is 6. The number of carbonyl (C=O) groups excluding carboxylic acids is 4. The minimum absolute atomic E-state index is 0.0300. The maximum Gasteiger partial charge on any atom is 0.344 e. The number of allylic oxidation sites excluding steroid dienone is 2. The Labute approximate surface area is 319 Å². The van der Waals surface area contributed by atoms with Gasteiger partial charge >= 0.3 is 23.9 Å². The van der Waals surface area contributed by atoms with E-state index in [1.54, 1.807) is 103 Å². The predicted octanol–water partition coefficient (Wildman–Crippen LogP) is 7.25. The third-order valence-corrected chi connectivity index (χ3v) is 9.08. The number of carboxylic acids is 2. The Morgan fingerprint density at radius 1 is 0.518 bits per heavy atom. The first-order valence-corrected chi connectivity index (χ1v) is 17.2.